The van der Waals surface area contributed by atoms with E-state index >= 15 is 0 Å². The van der Waals surface area contributed by atoms with Crippen LogP contribution in [0.15, 0.2) is 44.9 Å². The summed E-state index contributed by atoms with van der Waals surface area (Å²) in [5, 5.41) is 0. The lowest BCUT2D eigenvalue weighted by atomic mass is 9.91. The zero-order valence-corrected chi connectivity index (χ0v) is 18.5. The van der Waals surface area contributed by atoms with E-state index in [9.17, 15) is 18.0 Å². The van der Waals surface area contributed by atoms with Gasteiger partial charge in [-0.25, -0.2) is 13.2 Å². The van der Waals surface area contributed by atoms with E-state index in [1.807, 2.05) is 19.1 Å². The van der Waals surface area contributed by atoms with Gasteiger partial charge in [-0.1, -0.05) is 12.1 Å². The molecule has 1 aromatic carbocycles. The maximum atomic E-state index is 13.0. The fraction of sp³-hybridized carbons (Fsp3) is 0.524. The molecule has 0 saturated carbocycles. The average Bonchev–Trinajstić information content (AvgIpc) is 2.74. The Morgan fingerprint density at radius 3 is 2.30 bits per heavy atom. The molecule has 9 heteroatoms. The summed E-state index contributed by atoms with van der Waals surface area (Å²) in [5.74, 6) is 1.30. The molecule has 0 spiro atoms. The fourth-order valence-corrected chi connectivity index (χ4v) is 5.44. The van der Waals surface area contributed by atoms with Crippen molar-refractivity contribution in [2.45, 2.75) is 37.5 Å². The summed E-state index contributed by atoms with van der Waals surface area (Å²) in [5.41, 5.74) is -0.0927. The molecular weight excluding hydrogens is 406 g/mol. The molecule has 3 rings (SSSR count). The predicted octanol–water partition coefficient (Wildman–Crippen LogP) is 1.52. The van der Waals surface area contributed by atoms with Gasteiger partial charge >= 0.3 is 5.69 Å². The Kier molecular flexibility index (Phi) is 6.82. The number of aryl methyl sites for hydroxylation is 2. The maximum absolute atomic E-state index is 13.0. The highest BCUT2D eigenvalue weighted by Gasteiger charge is 2.32. The summed E-state index contributed by atoms with van der Waals surface area (Å²) in [4.78, 5) is 23.8. The van der Waals surface area contributed by atoms with Crippen molar-refractivity contribution in [2.24, 2.45) is 20.0 Å². The van der Waals surface area contributed by atoms with E-state index in [1.54, 1.807) is 0 Å². The van der Waals surface area contributed by atoms with Crippen LogP contribution in [0.3, 0.4) is 0 Å². The van der Waals surface area contributed by atoms with Crippen molar-refractivity contribution in [3.63, 3.8) is 0 Å². The lowest BCUT2D eigenvalue weighted by Crippen LogP contribution is -2.44. The highest BCUT2D eigenvalue weighted by atomic mass is 32.2. The van der Waals surface area contributed by atoms with E-state index in [4.69, 9.17) is 4.74 Å². The van der Waals surface area contributed by atoms with Gasteiger partial charge in [0.25, 0.3) is 5.56 Å². The molecule has 164 valence electrons. The van der Waals surface area contributed by atoms with Crippen LogP contribution < -0.4 is 16.0 Å². The van der Waals surface area contributed by atoms with Gasteiger partial charge in [0.2, 0.25) is 10.0 Å². The molecule has 1 aliphatic rings. The molecule has 0 unspecified atom stereocenters. The number of hydrogen-bond acceptors (Lipinski definition) is 5. The number of aromatic nitrogens is 2. The molecule has 1 aliphatic heterocycles. The average molecular weight is 436 g/mol. The normalized spacial score (nSPS) is 16.0. The Hall–Kier alpha value is -2.39. The van der Waals surface area contributed by atoms with Crippen molar-refractivity contribution in [3.8, 4) is 5.75 Å². The molecule has 0 bridgehead atoms. The number of ether oxygens (including phenoxy) is 1. The summed E-state index contributed by atoms with van der Waals surface area (Å²) >= 11 is 0. The second kappa shape index (κ2) is 9.18. The van der Waals surface area contributed by atoms with Crippen molar-refractivity contribution in [1.82, 2.24) is 13.4 Å². The molecule has 1 aromatic heterocycles. The Balaban J connectivity index is 1.61. The van der Waals surface area contributed by atoms with Gasteiger partial charge in [0.05, 0.1) is 6.61 Å². The van der Waals surface area contributed by atoms with Crippen molar-refractivity contribution in [1.29, 1.82) is 0 Å². The molecule has 2 heterocycles. The van der Waals surface area contributed by atoms with Gasteiger partial charge in [0.15, 0.2) is 4.90 Å². The standard InChI is InChI=1S/C21H29N3O5S/c1-4-29-18-9-7-16(8-10-18)5-6-17-11-13-24(14-12-17)30(27,28)19-15-22(2)21(26)23(3)20(19)25/h7-10,15,17H,4-6,11-14H2,1-3H3. The second-order valence-corrected chi connectivity index (χ2v) is 9.62. The van der Waals surface area contributed by atoms with Gasteiger partial charge < -0.3 is 9.30 Å². The summed E-state index contributed by atoms with van der Waals surface area (Å²) in [6.07, 6.45) is 4.55. The highest BCUT2D eigenvalue weighted by Crippen LogP contribution is 2.26. The quantitative estimate of drug-likeness (QED) is 0.658. The van der Waals surface area contributed by atoms with E-state index < -0.39 is 21.3 Å². The molecule has 1 fully saturated rings. The molecule has 2 aromatic rings. The summed E-state index contributed by atoms with van der Waals surface area (Å²) < 4.78 is 34.7. The van der Waals surface area contributed by atoms with Gasteiger partial charge in [-0.3, -0.25) is 9.36 Å². The van der Waals surface area contributed by atoms with Gasteiger partial charge in [-0.05, 0) is 56.2 Å². The number of hydrogen-bond donors (Lipinski definition) is 0. The lowest BCUT2D eigenvalue weighted by molar-refractivity contribution is 0.263. The molecule has 0 N–H and O–H groups in total. The Morgan fingerprint density at radius 2 is 1.70 bits per heavy atom. The second-order valence-electron chi connectivity index (χ2n) is 7.71. The topological polar surface area (TPSA) is 90.6 Å². The third kappa shape index (κ3) is 4.67. The van der Waals surface area contributed by atoms with Crippen LogP contribution in [-0.4, -0.2) is 41.6 Å². The van der Waals surface area contributed by atoms with Gasteiger partial charge in [0.1, 0.15) is 5.75 Å². The van der Waals surface area contributed by atoms with Crippen LogP contribution in [0.4, 0.5) is 0 Å². The predicted molar refractivity (Wildman–Crippen MR) is 114 cm³/mol. The summed E-state index contributed by atoms with van der Waals surface area (Å²) in [6, 6.07) is 8.09. The molecular formula is C21H29N3O5S. The smallest absolute Gasteiger partial charge is 0.330 e. The monoisotopic (exact) mass is 435 g/mol. The number of benzene rings is 1. The highest BCUT2D eigenvalue weighted by molar-refractivity contribution is 7.89. The van der Waals surface area contributed by atoms with Crippen LogP contribution in [0.5, 0.6) is 5.75 Å². The van der Waals surface area contributed by atoms with Crippen molar-refractivity contribution in [3.05, 3.63) is 56.9 Å². The minimum Gasteiger partial charge on any atom is -0.494 e. The van der Waals surface area contributed by atoms with Crippen LogP contribution in [-0.2, 0) is 30.5 Å². The minimum absolute atomic E-state index is 0.347. The van der Waals surface area contributed by atoms with Crippen LogP contribution >= 0.6 is 0 Å². The third-order valence-electron chi connectivity index (χ3n) is 5.68. The van der Waals surface area contributed by atoms with Gasteiger partial charge in [-0.2, -0.15) is 4.31 Å². The van der Waals surface area contributed by atoms with E-state index in [0.29, 0.717) is 25.6 Å². The van der Waals surface area contributed by atoms with Crippen LogP contribution in [0.1, 0.15) is 31.7 Å². The first-order valence-electron chi connectivity index (χ1n) is 10.2. The molecule has 30 heavy (non-hydrogen) atoms. The van der Waals surface area contributed by atoms with Crippen molar-refractivity contribution >= 4 is 10.0 Å². The van der Waals surface area contributed by atoms with Crippen molar-refractivity contribution < 1.29 is 13.2 Å². The largest absolute Gasteiger partial charge is 0.494 e. The SMILES string of the molecule is CCOc1ccc(CCC2CCN(S(=O)(=O)c3cn(C)c(=O)n(C)c3=O)CC2)cc1. The van der Waals surface area contributed by atoms with Crippen LogP contribution in [0, 0.1) is 5.92 Å². The third-order valence-corrected chi connectivity index (χ3v) is 7.56. The number of nitrogens with zero attached hydrogens (tertiary/aromatic N) is 3. The fourth-order valence-electron chi connectivity index (χ4n) is 3.82. The Labute approximate surface area is 176 Å². The number of rotatable bonds is 7. The Bertz CT molecular complexity index is 1090. The first-order chi connectivity index (χ1) is 14.2. The van der Waals surface area contributed by atoms with Crippen LogP contribution in [0.2, 0.25) is 0 Å². The maximum Gasteiger partial charge on any atom is 0.330 e. The molecule has 0 atom stereocenters. The zero-order chi connectivity index (χ0) is 21.9. The first kappa shape index (κ1) is 22.3. The summed E-state index contributed by atoms with van der Waals surface area (Å²) in [7, 11) is -1.20. The molecule has 0 aliphatic carbocycles. The molecule has 0 radical (unpaired) electrons. The van der Waals surface area contributed by atoms with Gasteiger partial charge in [-0.15, -0.1) is 0 Å². The van der Waals surface area contributed by atoms with E-state index in [1.165, 1.54) is 24.0 Å². The van der Waals surface area contributed by atoms with Gasteiger partial charge in [0, 0.05) is 33.4 Å². The van der Waals surface area contributed by atoms with E-state index in [-0.39, 0.29) is 4.90 Å². The first-order valence-corrected chi connectivity index (χ1v) is 11.7. The molecule has 8 nitrogen and oxygen atoms in total. The molecule has 1 saturated heterocycles. The zero-order valence-electron chi connectivity index (χ0n) is 17.7. The number of piperidine rings is 1. The van der Waals surface area contributed by atoms with Crippen molar-refractivity contribution in [2.75, 3.05) is 19.7 Å². The Morgan fingerprint density at radius 1 is 1.07 bits per heavy atom. The van der Waals surface area contributed by atoms with E-state index in [2.05, 4.69) is 12.1 Å². The minimum atomic E-state index is -3.93. The van der Waals surface area contributed by atoms with E-state index in [0.717, 1.165) is 46.8 Å². The molecule has 0 amide bonds. The lowest BCUT2D eigenvalue weighted by Gasteiger charge is -2.31. The van der Waals surface area contributed by atoms with Crippen LogP contribution in [0.25, 0.3) is 0 Å². The summed E-state index contributed by atoms with van der Waals surface area (Å²) in [6.45, 7) is 3.36. The number of sulfonamides is 1.